The van der Waals surface area contributed by atoms with Crippen LogP contribution in [-0.4, -0.2) is 63.9 Å². The van der Waals surface area contributed by atoms with Gasteiger partial charge in [-0.3, -0.25) is 9.88 Å². The summed E-state index contributed by atoms with van der Waals surface area (Å²) in [5.74, 6) is 0. The zero-order valence-electron chi connectivity index (χ0n) is 20.8. The van der Waals surface area contributed by atoms with E-state index in [0.29, 0.717) is 24.9 Å². The number of hydrogen-bond acceptors (Lipinski definition) is 4. The fraction of sp³-hybridized carbons (Fsp3) is 0.407. The average molecular weight is 530 g/mol. The summed E-state index contributed by atoms with van der Waals surface area (Å²) in [7, 11) is 0. The Labute approximate surface area is 220 Å². The molecule has 2 atom stereocenters. The number of benzene rings is 1. The largest absolute Gasteiger partial charge is 0.418 e. The second-order valence-electron chi connectivity index (χ2n) is 9.45. The van der Waals surface area contributed by atoms with Gasteiger partial charge in [-0.15, -0.1) is 0 Å². The van der Waals surface area contributed by atoms with E-state index in [0.717, 1.165) is 48.3 Å². The fourth-order valence-corrected chi connectivity index (χ4v) is 5.76. The Kier molecular flexibility index (Phi) is 7.24. The van der Waals surface area contributed by atoms with E-state index in [2.05, 4.69) is 20.1 Å². The first-order valence-corrected chi connectivity index (χ1v) is 12.8. The number of aryl methyl sites for hydroxylation is 1. The van der Waals surface area contributed by atoms with Crippen LogP contribution in [0.5, 0.6) is 0 Å². The Morgan fingerprint density at radius 2 is 1.78 bits per heavy atom. The van der Waals surface area contributed by atoms with Crippen molar-refractivity contribution in [3.8, 4) is 5.69 Å². The van der Waals surface area contributed by atoms with Crippen LogP contribution in [0.25, 0.3) is 5.69 Å². The highest BCUT2D eigenvalue weighted by atomic mass is 32.1. The molecule has 2 aliphatic rings. The second kappa shape index (κ2) is 10.4. The molecule has 37 heavy (non-hydrogen) atoms. The Bertz CT molecular complexity index is 1260. The lowest BCUT2D eigenvalue weighted by atomic mass is 9.96. The number of nitrogens with zero attached hydrogens (tertiary/aromatic N) is 4. The van der Waals surface area contributed by atoms with Crippen molar-refractivity contribution in [1.29, 1.82) is 0 Å². The van der Waals surface area contributed by atoms with E-state index in [-0.39, 0.29) is 17.8 Å². The Morgan fingerprint density at radius 1 is 1.05 bits per heavy atom. The normalized spacial score (nSPS) is 20.9. The van der Waals surface area contributed by atoms with Crippen LogP contribution in [0.4, 0.5) is 13.2 Å². The molecule has 2 fully saturated rings. The van der Waals surface area contributed by atoms with Crippen LogP contribution < -0.4 is 5.32 Å². The number of thiocarbonyl (C=S) groups is 1. The summed E-state index contributed by atoms with van der Waals surface area (Å²) in [5, 5.41) is 4.07. The number of morpholine rings is 1. The van der Waals surface area contributed by atoms with E-state index in [1.165, 1.54) is 12.1 Å². The van der Waals surface area contributed by atoms with Gasteiger partial charge in [0.1, 0.15) is 0 Å². The van der Waals surface area contributed by atoms with E-state index in [1.807, 2.05) is 38.1 Å². The number of pyridine rings is 1. The second-order valence-corrected chi connectivity index (χ2v) is 9.84. The summed E-state index contributed by atoms with van der Waals surface area (Å²) in [5.41, 5.74) is 2.72. The number of hydrogen-bond donors (Lipinski definition) is 1. The Morgan fingerprint density at radius 3 is 2.49 bits per heavy atom. The molecule has 0 saturated carbocycles. The Hall–Kier alpha value is -2.95. The molecule has 0 radical (unpaired) electrons. The molecule has 2 unspecified atom stereocenters. The lowest BCUT2D eigenvalue weighted by Gasteiger charge is -2.32. The fourth-order valence-electron chi connectivity index (χ4n) is 5.42. The third-order valence-corrected chi connectivity index (χ3v) is 7.55. The van der Waals surface area contributed by atoms with Gasteiger partial charge in [-0.2, -0.15) is 13.2 Å². The van der Waals surface area contributed by atoms with E-state index in [9.17, 15) is 13.2 Å². The van der Waals surface area contributed by atoms with Crippen molar-refractivity contribution < 1.29 is 17.9 Å². The molecule has 6 nitrogen and oxygen atoms in total. The van der Waals surface area contributed by atoms with Gasteiger partial charge >= 0.3 is 6.18 Å². The molecule has 4 heterocycles. The molecule has 10 heteroatoms. The molecule has 0 spiro atoms. The molecule has 1 N–H and O–H groups in total. The minimum absolute atomic E-state index is 0.124. The topological polar surface area (TPSA) is 45.6 Å². The molecule has 0 amide bonds. The van der Waals surface area contributed by atoms with Gasteiger partial charge in [0.25, 0.3) is 0 Å². The maximum absolute atomic E-state index is 13.9. The van der Waals surface area contributed by atoms with Gasteiger partial charge in [0.2, 0.25) is 0 Å². The zero-order chi connectivity index (χ0) is 26.2. The van der Waals surface area contributed by atoms with Crippen LogP contribution >= 0.6 is 12.2 Å². The third-order valence-electron chi connectivity index (χ3n) is 7.20. The van der Waals surface area contributed by atoms with Gasteiger partial charge < -0.3 is 19.5 Å². The summed E-state index contributed by atoms with van der Waals surface area (Å²) in [6, 6.07) is 13.0. The van der Waals surface area contributed by atoms with Crippen molar-refractivity contribution in [3.05, 3.63) is 82.9 Å². The first-order chi connectivity index (χ1) is 17.8. The van der Waals surface area contributed by atoms with Gasteiger partial charge in [0.15, 0.2) is 5.11 Å². The average Bonchev–Trinajstić information content (AvgIpc) is 3.37. The van der Waals surface area contributed by atoms with Crippen molar-refractivity contribution in [2.45, 2.75) is 32.1 Å². The van der Waals surface area contributed by atoms with Gasteiger partial charge in [0, 0.05) is 43.8 Å². The standard InChI is InChI=1S/C27H30F3N5OS/c1-18-17-20(19(2)35(18)23-9-4-3-7-21(23)27(28,29)30)25-24(22-8-5-6-10-31-22)32-26(37)34(25)12-11-33-13-15-36-16-14-33/h3-10,17,24-25H,11-16H2,1-2H3,(H,32,37). The van der Waals surface area contributed by atoms with Crippen LogP contribution in [-0.2, 0) is 10.9 Å². The van der Waals surface area contributed by atoms with Gasteiger partial charge in [-0.1, -0.05) is 18.2 Å². The zero-order valence-corrected chi connectivity index (χ0v) is 21.6. The number of para-hydroxylation sites is 1. The number of nitrogens with one attached hydrogen (secondary N) is 1. The van der Waals surface area contributed by atoms with Crippen LogP contribution in [0.3, 0.4) is 0 Å². The van der Waals surface area contributed by atoms with Gasteiger partial charge in [-0.05, 0) is 62.0 Å². The molecular weight excluding hydrogens is 499 g/mol. The summed E-state index contributed by atoms with van der Waals surface area (Å²) in [6.45, 7) is 8.38. The summed E-state index contributed by atoms with van der Waals surface area (Å²) >= 11 is 5.80. The molecule has 196 valence electrons. The highest BCUT2D eigenvalue weighted by Crippen LogP contribution is 2.42. The van der Waals surface area contributed by atoms with E-state index in [1.54, 1.807) is 16.8 Å². The molecule has 2 aliphatic heterocycles. The number of ether oxygens (including phenoxy) is 1. The van der Waals surface area contributed by atoms with Crippen LogP contribution in [0.2, 0.25) is 0 Å². The monoisotopic (exact) mass is 529 g/mol. The molecule has 0 bridgehead atoms. The van der Waals surface area contributed by atoms with E-state index in [4.69, 9.17) is 17.0 Å². The predicted molar refractivity (Wildman–Crippen MR) is 140 cm³/mol. The molecule has 0 aliphatic carbocycles. The minimum atomic E-state index is -4.46. The molecular formula is C27H30F3N5OS. The van der Waals surface area contributed by atoms with Crippen LogP contribution in [0.15, 0.2) is 54.7 Å². The first-order valence-electron chi connectivity index (χ1n) is 12.4. The van der Waals surface area contributed by atoms with Crippen LogP contribution in [0.1, 0.15) is 40.3 Å². The van der Waals surface area contributed by atoms with Gasteiger partial charge in [-0.25, -0.2) is 0 Å². The Balaban J connectivity index is 1.56. The maximum Gasteiger partial charge on any atom is 0.418 e. The smallest absolute Gasteiger partial charge is 0.379 e. The SMILES string of the molecule is Cc1cc(C2C(c3ccccn3)NC(=S)N2CCN2CCOCC2)c(C)n1-c1ccccc1C(F)(F)F. The predicted octanol–water partition coefficient (Wildman–Crippen LogP) is 4.81. The third kappa shape index (κ3) is 5.10. The minimum Gasteiger partial charge on any atom is -0.379 e. The van der Waals surface area contributed by atoms with Crippen molar-refractivity contribution in [3.63, 3.8) is 0 Å². The number of alkyl halides is 3. The molecule has 5 rings (SSSR count). The number of halogens is 3. The lowest BCUT2D eigenvalue weighted by Crippen LogP contribution is -2.42. The lowest BCUT2D eigenvalue weighted by molar-refractivity contribution is -0.137. The molecule has 1 aromatic carbocycles. The first kappa shape index (κ1) is 25.7. The highest BCUT2D eigenvalue weighted by Gasteiger charge is 2.42. The van der Waals surface area contributed by atoms with Crippen molar-refractivity contribution >= 4 is 17.3 Å². The maximum atomic E-state index is 13.9. The molecule has 2 saturated heterocycles. The van der Waals surface area contributed by atoms with Crippen molar-refractivity contribution in [2.24, 2.45) is 0 Å². The van der Waals surface area contributed by atoms with Crippen molar-refractivity contribution in [1.82, 2.24) is 24.7 Å². The molecule has 2 aromatic heterocycles. The molecule has 3 aromatic rings. The highest BCUT2D eigenvalue weighted by molar-refractivity contribution is 7.80. The van der Waals surface area contributed by atoms with E-state index < -0.39 is 11.7 Å². The number of rotatable bonds is 6. The summed E-state index contributed by atoms with van der Waals surface area (Å²) in [6.07, 6.45) is -2.71. The summed E-state index contributed by atoms with van der Waals surface area (Å²) in [4.78, 5) is 9.09. The summed E-state index contributed by atoms with van der Waals surface area (Å²) < 4.78 is 48.9. The van der Waals surface area contributed by atoms with Gasteiger partial charge in [0.05, 0.1) is 42.2 Å². The quantitative estimate of drug-likeness (QED) is 0.463. The van der Waals surface area contributed by atoms with Crippen molar-refractivity contribution in [2.75, 3.05) is 39.4 Å². The van der Waals surface area contributed by atoms with E-state index >= 15 is 0 Å². The van der Waals surface area contributed by atoms with Crippen LogP contribution in [0, 0.1) is 13.8 Å². The number of aromatic nitrogens is 2.